The number of carbonyl (C=O) groups excluding carboxylic acids is 2. The summed E-state index contributed by atoms with van der Waals surface area (Å²) in [6, 6.07) is 0. The van der Waals surface area contributed by atoms with Gasteiger partial charge in [-0.1, -0.05) is 288 Å². The zero-order valence-corrected chi connectivity index (χ0v) is 45.9. The largest absolute Gasteiger partial charge is 0.462 e. The van der Waals surface area contributed by atoms with E-state index < -0.39 is 6.10 Å². The van der Waals surface area contributed by atoms with Crippen LogP contribution in [0.1, 0.15) is 335 Å². The third kappa shape index (κ3) is 56.7. The van der Waals surface area contributed by atoms with Crippen molar-refractivity contribution in [1.29, 1.82) is 0 Å². The molecule has 5 heteroatoms. The highest BCUT2D eigenvalue weighted by Gasteiger charge is 2.16. The van der Waals surface area contributed by atoms with Gasteiger partial charge in [0.1, 0.15) is 6.61 Å². The van der Waals surface area contributed by atoms with E-state index in [9.17, 15) is 14.7 Å². The molecule has 0 radical (unpaired) electrons. The second-order valence-electron chi connectivity index (χ2n) is 20.8. The van der Waals surface area contributed by atoms with E-state index in [1.165, 1.54) is 263 Å². The van der Waals surface area contributed by atoms with Gasteiger partial charge < -0.3 is 14.6 Å². The maximum atomic E-state index is 12.3. The van der Waals surface area contributed by atoms with Crippen LogP contribution in [0.4, 0.5) is 0 Å². The first-order valence-electron chi connectivity index (χ1n) is 30.5. The fourth-order valence-corrected chi connectivity index (χ4v) is 9.29. The van der Waals surface area contributed by atoms with E-state index in [2.05, 4.69) is 50.3 Å². The highest BCUT2D eigenvalue weighted by atomic mass is 16.6. The van der Waals surface area contributed by atoms with Gasteiger partial charge in [0.15, 0.2) is 6.10 Å². The Bertz CT molecular complexity index is 1080. The lowest BCUT2D eigenvalue weighted by molar-refractivity contribution is -0.161. The number of ether oxygens (including phenoxy) is 2. The van der Waals surface area contributed by atoms with Crippen LogP contribution >= 0.6 is 0 Å². The van der Waals surface area contributed by atoms with E-state index in [-0.39, 0.29) is 25.2 Å². The molecule has 68 heavy (non-hydrogen) atoms. The molecule has 0 spiro atoms. The Morgan fingerprint density at radius 2 is 0.588 bits per heavy atom. The molecule has 0 fully saturated rings. The Balaban J connectivity index is 3.42. The molecule has 1 N–H and O–H groups in total. The van der Waals surface area contributed by atoms with E-state index in [1.807, 2.05) is 0 Å². The van der Waals surface area contributed by atoms with Crippen molar-refractivity contribution in [2.45, 2.75) is 341 Å². The van der Waals surface area contributed by atoms with Crippen molar-refractivity contribution in [2.75, 3.05) is 13.2 Å². The Morgan fingerprint density at radius 3 is 0.882 bits per heavy atom. The maximum Gasteiger partial charge on any atom is 0.306 e. The van der Waals surface area contributed by atoms with Crippen molar-refractivity contribution in [1.82, 2.24) is 0 Å². The van der Waals surface area contributed by atoms with Crippen LogP contribution in [-0.4, -0.2) is 36.4 Å². The first kappa shape index (κ1) is 66.1. The van der Waals surface area contributed by atoms with Crippen LogP contribution in [0.25, 0.3) is 0 Å². The van der Waals surface area contributed by atoms with E-state index in [4.69, 9.17) is 9.47 Å². The highest BCUT2D eigenvalue weighted by molar-refractivity contribution is 5.70. The molecular formula is C63H118O5. The molecule has 0 amide bonds. The molecule has 0 aromatic carbocycles. The lowest BCUT2D eigenvalue weighted by atomic mass is 10.0. The Morgan fingerprint density at radius 1 is 0.338 bits per heavy atom. The second-order valence-corrected chi connectivity index (χ2v) is 20.8. The first-order chi connectivity index (χ1) is 33.6. The van der Waals surface area contributed by atoms with Gasteiger partial charge in [-0.3, -0.25) is 9.59 Å². The molecule has 0 aromatic heterocycles. The zero-order chi connectivity index (χ0) is 49.2. The van der Waals surface area contributed by atoms with Gasteiger partial charge >= 0.3 is 11.9 Å². The highest BCUT2D eigenvalue weighted by Crippen LogP contribution is 2.17. The smallest absolute Gasteiger partial charge is 0.306 e. The quantitative estimate of drug-likeness (QED) is 0.0374. The molecular weight excluding hydrogens is 837 g/mol. The number of unbranched alkanes of at least 4 members (excludes halogenated alkanes) is 43. The van der Waals surface area contributed by atoms with Crippen LogP contribution in [-0.2, 0) is 19.1 Å². The van der Waals surface area contributed by atoms with E-state index in [1.54, 1.807) is 0 Å². The summed E-state index contributed by atoms with van der Waals surface area (Å²) < 4.78 is 10.7. The molecule has 5 nitrogen and oxygen atoms in total. The van der Waals surface area contributed by atoms with Gasteiger partial charge in [0, 0.05) is 12.8 Å². The van der Waals surface area contributed by atoms with Gasteiger partial charge in [0.05, 0.1) is 6.61 Å². The molecule has 0 saturated heterocycles. The van der Waals surface area contributed by atoms with Crippen molar-refractivity contribution < 1.29 is 24.2 Å². The minimum atomic E-state index is -0.770. The van der Waals surface area contributed by atoms with Crippen LogP contribution in [0.15, 0.2) is 36.5 Å². The summed E-state index contributed by atoms with van der Waals surface area (Å²) in [5.41, 5.74) is 0. The van der Waals surface area contributed by atoms with Gasteiger partial charge in [-0.25, -0.2) is 0 Å². The Hall–Kier alpha value is -1.88. The zero-order valence-electron chi connectivity index (χ0n) is 45.9. The van der Waals surface area contributed by atoms with Crippen molar-refractivity contribution in [3.05, 3.63) is 36.5 Å². The number of esters is 2. The van der Waals surface area contributed by atoms with Crippen molar-refractivity contribution >= 4 is 11.9 Å². The van der Waals surface area contributed by atoms with Gasteiger partial charge in [-0.05, 0) is 70.6 Å². The fraction of sp³-hybridized carbons (Fsp3) is 0.873. The minimum Gasteiger partial charge on any atom is -0.462 e. The Kier molecular flexibility index (Phi) is 57.8. The van der Waals surface area contributed by atoms with Crippen LogP contribution < -0.4 is 0 Å². The number of rotatable bonds is 57. The second kappa shape index (κ2) is 59.4. The summed E-state index contributed by atoms with van der Waals surface area (Å²) in [7, 11) is 0. The van der Waals surface area contributed by atoms with Gasteiger partial charge in [-0.2, -0.15) is 0 Å². The van der Waals surface area contributed by atoms with Gasteiger partial charge in [0.2, 0.25) is 0 Å². The van der Waals surface area contributed by atoms with E-state index in [0.29, 0.717) is 12.8 Å². The predicted octanol–water partition coefficient (Wildman–Crippen LogP) is 20.6. The molecule has 400 valence electrons. The number of aliphatic hydroxyl groups is 1. The van der Waals surface area contributed by atoms with Gasteiger partial charge in [0.25, 0.3) is 0 Å². The fourth-order valence-electron chi connectivity index (χ4n) is 9.29. The summed E-state index contributed by atoms with van der Waals surface area (Å²) in [5.74, 6) is -0.572. The molecule has 1 atom stereocenters. The standard InChI is InChI=1S/C63H118O5/c1-3-5-7-9-11-13-15-17-19-21-23-25-27-29-30-31-32-34-36-38-40-42-44-46-48-50-52-54-56-58-63(66)68-61(59-64)60-67-62(65)57-55-53-51-49-47-45-43-41-39-37-35-33-28-26-24-22-20-18-16-14-12-10-8-6-4-2/h15,17,21-24,61,64H,3-14,16,18-20,25-60H2,1-2H3/b17-15-,23-21-,24-22-. The molecule has 0 aromatic rings. The summed E-state index contributed by atoms with van der Waals surface area (Å²) in [5, 5.41) is 9.67. The molecule has 0 aliphatic heterocycles. The van der Waals surface area contributed by atoms with E-state index in [0.717, 1.165) is 44.9 Å². The maximum absolute atomic E-state index is 12.3. The van der Waals surface area contributed by atoms with E-state index >= 15 is 0 Å². The molecule has 0 rings (SSSR count). The molecule has 0 heterocycles. The molecule has 0 saturated carbocycles. The van der Waals surface area contributed by atoms with Crippen LogP contribution in [0.3, 0.4) is 0 Å². The molecule has 0 aliphatic carbocycles. The topological polar surface area (TPSA) is 72.8 Å². The lowest BCUT2D eigenvalue weighted by Crippen LogP contribution is -2.28. The minimum absolute atomic E-state index is 0.0611. The third-order valence-corrected chi connectivity index (χ3v) is 13.9. The average Bonchev–Trinajstić information content (AvgIpc) is 3.34. The first-order valence-corrected chi connectivity index (χ1v) is 30.5. The van der Waals surface area contributed by atoms with Crippen molar-refractivity contribution in [3.8, 4) is 0 Å². The predicted molar refractivity (Wildman–Crippen MR) is 298 cm³/mol. The Labute approximate surface area is 425 Å². The number of aliphatic hydroxyl groups excluding tert-OH is 1. The SMILES string of the molecule is CCCCCCC/C=C\C/C=C\CCCCCCCCCCCCCCCCCCCC(=O)OC(CO)COC(=O)CCCCCCCCCCCCCCC/C=C\CCCCCCCCCC. The third-order valence-electron chi connectivity index (χ3n) is 13.9. The average molecular weight is 956 g/mol. The lowest BCUT2D eigenvalue weighted by Gasteiger charge is -2.15. The summed E-state index contributed by atoms with van der Waals surface area (Å²) >= 11 is 0. The molecule has 0 aliphatic rings. The van der Waals surface area contributed by atoms with Crippen molar-refractivity contribution in [3.63, 3.8) is 0 Å². The number of allylic oxidation sites excluding steroid dienone is 6. The van der Waals surface area contributed by atoms with Crippen LogP contribution in [0, 0.1) is 0 Å². The monoisotopic (exact) mass is 955 g/mol. The normalized spacial score (nSPS) is 12.3. The molecule has 1 unspecified atom stereocenters. The number of hydrogen-bond donors (Lipinski definition) is 1. The summed E-state index contributed by atoms with van der Waals surface area (Å²) in [6.07, 6.45) is 77.1. The number of hydrogen-bond acceptors (Lipinski definition) is 5. The van der Waals surface area contributed by atoms with Crippen molar-refractivity contribution in [2.24, 2.45) is 0 Å². The summed E-state index contributed by atoms with van der Waals surface area (Å²) in [4.78, 5) is 24.6. The number of carbonyl (C=O) groups is 2. The van der Waals surface area contributed by atoms with Crippen LogP contribution in [0.2, 0.25) is 0 Å². The van der Waals surface area contributed by atoms with Gasteiger partial charge in [-0.15, -0.1) is 0 Å². The summed E-state index contributed by atoms with van der Waals surface area (Å²) in [6.45, 7) is 4.18. The van der Waals surface area contributed by atoms with Crippen LogP contribution in [0.5, 0.6) is 0 Å². The molecule has 0 bridgehead atoms.